The van der Waals surface area contributed by atoms with Crippen LogP contribution in [0.1, 0.15) is 86.0 Å². The average Bonchev–Trinajstić information content (AvgIpc) is 3.12. The molecule has 0 heterocycles. The molecule has 0 aromatic heterocycles. The first kappa shape index (κ1) is 25.1. The summed E-state index contributed by atoms with van der Waals surface area (Å²) in [4.78, 5) is 13.3. The van der Waals surface area contributed by atoms with Gasteiger partial charge >= 0.3 is 0 Å². The number of carbonyl (C=O) groups excluding carboxylic acids is 1. The normalized spacial score (nSPS) is 44.4. The number of ether oxygens (including phenoxy) is 1. The lowest BCUT2D eigenvalue weighted by Crippen LogP contribution is -2.58. The minimum Gasteiger partial charge on any atom is -0.390 e. The lowest BCUT2D eigenvalue weighted by atomic mass is 9.47. The molecule has 2 N–H and O–H groups in total. The van der Waals surface area contributed by atoms with Crippen molar-refractivity contribution >= 4 is 5.78 Å². The number of aliphatic hydroxyl groups is 2. The number of rotatable bonds is 6. The van der Waals surface area contributed by atoms with Gasteiger partial charge in [-0.25, -0.2) is 0 Å². The van der Waals surface area contributed by atoms with E-state index in [1.807, 2.05) is 6.08 Å². The molecule has 4 aliphatic carbocycles. The van der Waals surface area contributed by atoms with E-state index in [1.54, 1.807) is 7.11 Å². The number of ketones is 1. The minimum absolute atomic E-state index is 0.0603. The van der Waals surface area contributed by atoms with Crippen LogP contribution in [0.2, 0.25) is 0 Å². The Morgan fingerprint density at radius 3 is 2.42 bits per heavy atom. The van der Waals surface area contributed by atoms with E-state index in [1.165, 1.54) is 42.4 Å². The third-order valence-corrected chi connectivity index (χ3v) is 10.8. The van der Waals surface area contributed by atoms with Crippen molar-refractivity contribution in [3.63, 3.8) is 0 Å². The molecular formula is C29H46O4. The molecule has 0 aromatic carbocycles. The average molecular weight is 459 g/mol. The molecule has 4 rings (SSSR count). The van der Waals surface area contributed by atoms with Crippen LogP contribution in [-0.2, 0) is 9.53 Å². The van der Waals surface area contributed by atoms with Crippen LogP contribution in [0.3, 0.4) is 0 Å². The summed E-state index contributed by atoms with van der Waals surface area (Å²) in [6.45, 7) is 12.3. The van der Waals surface area contributed by atoms with Crippen molar-refractivity contribution < 1.29 is 19.7 Å². The van der Waals surface area contributed by atoms with Gasteiger partial charge in [-0.2, -0.15) is 0 Å². The van der Waals surface area contributed by atoms with Gasteiger partial charge in [0.15, 0.2) is 5.78 Å². The van der Waals surface area contributed by atoms with Crippen LogP contribution in [0.5, 0.6) is 0 Å². The van der Waals surface area contributed by atoms with Gasteiger partial charge in [0.05, 0.1) is 24.7 Å². The number of carbonyl (C=O) groups is 1. The van der Waals surface area contributed by atoms with Crippen molar-refractivity contribution in [1.29, 1.82) is 0 Å². The van der Waals surface area contributed by atoms with Crippen LogP contribution in [0.15, 0.2) is 22.8 Å². The van der Waals surface area contributed by atoms with Crippen molar-refractivity contribution in [3.05, 3.63) is 22.8 Å². The Balaban J connectivity index is 1.54. The largest absolute Gasteiger partial charge is 0.390 e. The van der Waals surface area contributed by atoms with Crippen molar-refractivity contribution in [3.8, 4) is 0 Å². The smallest absolute Gasteiger partial charge is 0.161 e. The molecule has 4 nitrogen and oxygen atoms in total. The lowest BCUT2D eigenvalue weighted by molar-refractivity contribution is -0.153. The second-order valence-electron chi connectivity index (χ2n) is 12.5. The summed E-state index contributed by atoms with van der Waals surface area (Å²) in [5.41, 5.74) is 4.25. The molecule has 0 aromatic rings. The molecule has 33 heavy (non-hydrogen) atoms. The first-order valence-corrected chi connectivity index (χ1v) is 13.3. The molecule has 0 aliphatic heterocycles. The van der Waals surface area contributed by atoms with Crippen LogP contribution >= 0.6 is 0 Å². The molecule has 0 radical (unpaired) electrons. The molecule has 9 atom stereocenters. The zero-order chi connectivity index (χ0) is 24.1. The Kier molecular flexibility index (Phi) is 7.04. The molecular weight excluding hydrogens is 412 g/mol. The summed E-state index contributed by atoms with van der Waals surface area (Å²) in [5, 5.41) is 21.0. The van der Waals surface area contributed by atoms with E-state index in [-0.39, 0.29) is 16.6 Å². The quantitative estimate of drug-likeness (QED) is 0.518. The Bertz CT molecular complexity index is 827. The molecule has 0 amide bonds. The summed E-state index contributed by atoms with van der Waals surface area (Å²) < 4.78 is 5.31. The van der Waals surface area contributed by atoms with Gasteiger partial charge < -0.3 is 14.9 Å². The predicted octanol–water partition coefficient (Wildman–Crippen LogP) is 5.48. The number of methoxy groups -OCH3 is 1. The van der Waals surface area contributed by atoms with Gasteiger partial charge in [-0.1, -0.05) is 31.9 Å². The van der Waals surface area contributed by atoms with E-state index in [4.69, 9.17) is 4.74 Å². The molecule has 0 spiro atoms. The maximum Gasteiger partial charge on any atom is 0.161 e. The zero-order valence-corrected chi connectivity index (χ0v) is 21.7. The molecule has 186 valence electrons. The Morgan fingerprint density at radius 2 is 1.73 bits per heavy atom. The van der Waals surface area contributed by atoms with Crippen LogP contribution in [0.4, 0.5) is 0 Å². The lowest BCUT2D eigenvalue weighted by Gasteiger charge is -2.58. The van der Waals surface area contributed by atoms with Crippen molar-refractivity contribution in [2.45, 2.75) is 98.2 Å². The molecule has 3 saturated carbocycles. The van der Waals surface area contributed by atoms with Gasteiger partial charge in [-0.15, -0.1) is 0 Å². The molecule has 3 fully saturated rings. The summed E-state index contributed by atoms with van der Waals surface area (Å²) >= 11 is 0. The highest BCUT2D eigenvalue weighted by molar-refractivity contribution is 5.95. The SMILES string of the molecule is COCC(C)=C(C)CC[C@@H](C)[C@H]1CC[C@H]2C3=CC(=O)C4[C@H](O)[C@@H](O)CC[C@]4(C)[C@H]3CC[C@]12C. The van der Waals surface area contributed by atoms with Crippen molar-refractivity contribution in [2.24, 2.45) is 40.4 Å². The van der Waals surface area contributed by atoms with Crippen LogP contribution in [-0.4, -0.2) is 41.9 Å². The Labute approximate surface area is 200 Å². The van der Waals surface area contributed by atoms with E-state index in [9.17, 15) is 15.0 Å². The Morgan fingerprint density at radius 1 is 1.06 bits per heavy atom. The molecule has 0 bridgehead atoms. The molecule has 0 saturated heterocycles. The van der Waals surface area contributed by atoms with E-state index in [2.05, 4.69) is 34.6 Å². The number of fused-ring (bicyclic) bond motifs is 5. The van der Waals surface area contributed by atoms with Gasteiger partial charge in [0.2, 0.25) is 0 Å². The number of hydrogen-bond donors (Lipinski definition) is 2. The fourth-order valence-electron chi connectivity index (χ4n) is 8.62. The maximum atomic E-state index is 13.3. The van der Waals surface area contributed by atoms with Crippen LogP contribution in [0, 0.1) is 40.4 Å². The summed E-state index contributed by atoms with van der Waals surface area (Å²) in [5.74, 6) is 1.83. The summed E-state index contributed by atoms with van der Waals surface area (Å²) in [6.07, 6.45) is 8.78. The minimum atomic E-state index is -0.920. The fourth-order valence-corrected chi connectivity index (χ4v) is 8.62. The van der Waals surface area contributed by atoms with Gasteiger partial charge in [-0.05, 0) is 111 Å². The first-order valence-electron chi connectivity index (χ1n) is 13.3. The van der Waals surface area contributed by atoms with Crippen LogP contribution < -0.4 is 0 Å². The second-order valence-corrected chi connectivity index (χ2v) is 12.5. The van der Waals surface area contributed by atoms with Gasteiger partial charge in [0.1, 0.15) is 0 Å². The van der Waals surface area contributed by atoms with E-state index in [0.717, 1.165) is 25.9 Å². The maximum absolute atomic E-state index is 13.3. The fraction of sp³-hybridized carbons (Fsp3) is 0.828. The first-order chi connectivity index (χ1) is 15.5. The number of hydrogen-bond acceptors (Lipinski definition) is 4. The zero-order valence-electron chi connectivity index (χ0n) is 21.7. The van der Waals surface area contributed by atoms with E-state index < -0.39 is 18.1 Å². The highest BCUT2D eigenvalue weighted by atomic mass is 16.5. The third-order valence-electron chi connectivity index (χ3n) is 10.8. The van der Waals surface area contributed by atoms with E-state index >= 15 is 0 Å². The Hall–Kier alpha value is -0.970. The topological polar surface area (TPSA) is 66.8 Å². The third kappa shape index (κ3) is 4.08. The van der Waals surface area contributed by atoms with Crippen molar-refractivity contribution in [1.82, 2.24) is 0 Å². The molecule has 4 heteroatoms. The summed E-state index contributed by atoms with van der Waals surface area (Å²) in [7, 11) is 1.76. The predicted molar refractivity (Wildman–Crippen MR) is 132 cm³/mol. The molecule has 1 unspecified atom stereocenters. The number of aliphatic hydroxyl groups excluding tert-OH is 2. The van der Waals surface area contributed by atoms with Gasteiger partial charge in [0.25, 0.3) is 0 Å². The second kappa shape index (κ2) is 9.24. The van der Waals surface area contributed by atoms with E-state index in [0.29, 0.717) is 30.1 Å². The highest BCUT2D eigenvalue weighted by Gasteiger charge is 2.61. The molecule has 4 aliphatic rings. The number of allylic oxidation sites excluding steroid dienone is 3. The van der Waals surface area contributed by atoms with Gasteiger partial charge in [0, 0.05) is 7.11 Å². The summed E-state index contributed by atoms with van der Waals surface area (Å²) in [6, 6.07) is 0. The monoisotopic (exact) mass is 458 g/mol. The van der Waals surface area contributed by atoms with Gasteiger partial charge in [-0.3, -0.25) is 4.79 Å². The van der Waals surface area contributed by atoms with Crippen LogP contribution in [0.25, 0.3) is 0 Å². The standard InChI is InChI=1S/C29H46O4/c1-17(19(3)16-33-6)7-8-18(2)21-9-10-22-20-15-25(31)26-27(32)24(30)12-14-29(26,5)23(20)11-13-28(21,22)4/h15,18,21-24,26-27,30,32H,7-14,16H2,1-6H3/t18-,21-,22+,23+,24+,26?,27-,28-,29-/m1/s1. The highest BCUT2D eigenvalue weighted by Crippen LogP contribution is 2.66. The van der Waals surface area contributed by atoms with Crippen molar-refractivity contribution in [2.75, 3.05) is 13.7 Å².